The summed E-state index contributed by atoms with van der Waals surface area (Å²) in [6, 6.07) is 15.5. The van der Waals surface area contributed by atoms with Gasteiger partial charge in [0.15, 0.2) is 0 Å². The molecule has 0 aliphatic carbocycles. The van der Waals surface area contributed by atoms with Crippen molar-refractivity contribution < 1.29 is 9.32 Å². The van der Waals surface area contributed by atoms with Crippen molar-refractivity contribution in [1.82, 2.24) is 20.0 Å². The van der Waals surface area contributed by atoms with E-state index in [0.717, 1.165) is 30.8 Å². The van der Waals surface area contributed by atoms with E-state index in [-0.39, 0.29) is 11.8 Å². The van der Waals surface area contributed by atoms with Gasteiger partial charge in [-0.25, -0.2) is 4.98 Å². The molecule has 4 rings (SSSR count). The molecule has 0 spiro atoms. The van der Waals surface area contributed by atoms with Gasteiger partial charge in [0.05, 0.1) is 12.5 Å². The van der Waals surface area contributed by atoms with Crippen LogP contribution in [-0.2, 0) is 11.3 Å². The third-order valence-corrected chi connectivity index (χ3v) is 4.99. The lowest BCUT2D eigenvalue weighted by molar-refractivity contribution is -0.135. The topological polar surface area (TPSA) is 75.4 Å². The summed E-state index contributed by atoms with van der Waals surface area (Å²) in [6.45, 7) is 1.91. The molecule has 3 aromatic rings. The van der Waals surface area contributed by atoms with E-state index in [4.69, 9.17) is 4.52 Å². The Morgan fingerprint density at radius 2 is 2.04 bits per heavy atom. The monoisotopic (exact) mass is 377 g/mol. The molecule has 144 valence electrons. The van der Waals surface area contributed by atoms with Gasteiger partial charge in [-0.05, 0) is 25.0 Å². The van der Waals surface area contributed by atoms with Crippen molar-refractivity contribution >= 4 is 11.7 Å². The van der Waals surface area contributed by atoms with Gasteiger partial charge >= 0.3 is 0 Å². The van der Waals surface area contributed by atoms with Crippen molar-refractivity contribution in [3.05, 3.63) is 60.6 Å². The maximum Gasteiger partial charge on any atom is 0.246 e. The number of carbonyl (C=O) groups is 1. The van der Waals surface area contributed by atoms with Crippen molar-refractivity contribution in [1.29, 1.82) is 0 Å². The van der Waals surface area contributed by atoms with E-state index in [9.17, 15) is 4.79 Å². The molecular formula is C21H23N5O2. The number of benzene rings is 1. The number of hydrogen-bond acceptors (Lipinski definition) is 6. The van der Waals surface area contributed by atoms with Gasteiger partial charge in [0.25, 0.3) is 0 Å². The van der Waals surface area contributed by atoms with Crippen molar-refractivity contribution in [2.24, 2.45) is 5.92 Å². The first-order valence-electron chi connectivity index (χ1n) is 9.49. The van der Waals surface area contributed by atoms with Crippen LogP contribution in [0.25, 0.3) is 11.4 Å². The van der Waals surface area contributed by atoms with Crippen LogP contribution in [0, 0.1) is 5.92 Å². The summed E-state index contributed by atoms with van der Waals surface area (Å²) in [6.07, 6.45) is 3.64. The molecule has 0 unspecified atom stereocenters. The van der Waals surface area contributed by atoms with Crippen LogP contribution in [0.1, 0.15) is 18.7 Å². The third-order valence-electron chi connectivity index (χ3n) is 4.99. The molecule has 1 atom stereocenters. The lowest BCUT2D eigenvalue weighted by atomic mass is 9.96. The van der Waals surface area contributed by atoms with Crippen molar-refractivity contribution in [3.8, 4) is 11.4 Å². The number of nitrogens with zero attached hydrogens (tertiary/aromatic N) is 5. The molecule has 7 heteroatoms. The number of carbonyl (C=O) groups excluding carboxylic acids is 1. The molecule has 0 bridgehead atoms. The van der Waals surface area contributed by atoms with E-state index < -0.39 is 0 Å². The fourth-order valence-corrected chi connectivity index (χ4v) is 3.54. The van der Waals surface area contributed by atoms with E-state index in [1.807, 2.05) is 48.5 Å². The van der Waals surface area contributed by atoms with Gasteiger partial charge in [0.2, 0.25) is 17.6 Å². The van der Waals surface area contributed by atoms with Crippen LogP contribution in [0.5, 0.6) is 0 Å². The molecule has 1 fully saturated rings. The number of pyridine rings is 1. The van der Waals surface area contributed by atoms with E-state index >= 15 is 0 Å². The molecule has 1 amide bonds. The molecule has 0 radical (unpaired) electrons. The van der Waals surface area contributed by atoms with Crippen molar-refractivity contribution in [2.45, 2.75) is 19.4 Å². The van der Waals surface area contributed by atoms with Crippen molar-refractivity contribution in [3.63, 3.8) is 0 Å². The van der Waals surface area contributed by atoms with Gasteiger partial charge < -0.3 is 14.3 Å². The number of piperidine rings is 1. The number of aromatic nitrogens is 3. The Bertz CT molecular complexity index is 913. The third kappa shape index (κ3) is 4.03. The van der Waals surface area contributed by atoms with Gasteiger partial charge in [-0.15, -0.1) is 0 Å². The first kappa shape index (κ1) is 18.2. The summed E-state index contributed by atoms with van der Waals surface area (Å²) >= 11 is 0. The molecule has 1 aliphatic rings. The summed E-state index contributed by atoms with van der Waals surface area (Å²) in [7, 11) is 1.79. The minimum atomic E-state index is -0.0581. The minimum Gasteiger partial charge on any atom is -0.356 e. The highest BCUT2D eigenvalue weighted by Gasteiger charge is 2.29. The highest BCUT2D eigenvalue weighted by atomic mass is 16.5. The molecule has 3 heterocycles. The Morgan fingerprint density at radius 3 is 2.82 bits per heavy atom. The second kappa shape index (κ2) is 8.21. The van der Waals surface area contributed by atoms with Crippen LogP contribution < -0.4 is 4.90 Å². The number of amides is 1. The molecule has 2 aromatic heterocycles. The van der Waals surface area contributed by atoms with Gasteiger partial charge in [-0.2, -0.15) is 4.98 Å². The highest BCUT2D eigenvalue weighted by Crippen LogP contribution is 2.23. The van der Waals surface area contributed by atoms with Crippen LogP contribution in [0.3, 0.4) is 0 Å². The zero-order chi connectivity index (χ0) is 19.3. The van der Waals surface area contributed by atoms with E-state index in [1.54, 1.807) is 18.1 Å². The number of hydrogen-bond donors (Lipinski definition) is 0. The standard InChI is InChI=1S/C21H23N5O2/c1-25(15-19-23-20(24-28-19)16-8-3-2-4-9-16)21(27)17-10-7-13-26(14-17)18-11-5-6-12-22-18/h2-6,8-9,11-12,17H,7,10,13-15H2,1H3/t17-/m0/s1. The van der Waals surface area contributed by atoms with Gasteiger partial charge in [-0.1, -0.05) is 41.6 Å². The maximum atomic E-state index is 12.9. The predicted octanol–water partition coefficient (Wildman–Crippen LogP) is 3.01. The van der Waals surface area contributed by atoms with Gasteiger partial charge in [-0.3, -0.25) is 4.79 Å². The van der Waals surface area contributed by atoms with Crippen LogP contribution in [0.2, 0.25) is 0 Å². The maximum absolute atomic E-state index is 12.9. The Kier molecular flexibility index (Phi) is 5.32. The summed E-state index contributed by atoms with van der Waals surface area (Å²) in [5, 5.41) is 4.02. The first-order valence-corrected chi connectivity index (χ1v) is 9.49. The lowest BCUT2D eigenvalue weighted by Gasteiger charge is -2.34. The van der Waals surface area contributed by atoms with Crippen LogP contribution in [0.15, 0.2) is 59.3 Å². The molecule has 1 aliphatic heterocycles. The number of rotatable bonds is 5. The van der Waals surface area contributed by atoms with E-state index in [1.165, 1.54) is 0 Å². The van der Waals surface area contributed by atoms with Gasteiger partial charge in [0, 0.05) is 31.9 Å². The molecule has 0 saturated carbocycles. The van der Waals surface area contributed by atoms with E-state index in [0.29, 0.717) is 24.8 Å². The van der Waals surface area contributed by atoms with Gasteiger partial charge in [0.1, 0.15) is 5.82 Å². The summed E-state index contributed by atoms with van der Waals surface area (Å²) in [5.74, 6) is 1.94. The average molecular weight is 377 g/mol. The summed E-state index contributed by atoms with van der Waals surface area (Å²) in [4.78, 5) is 25.6. The molecule has 28 heavy (non-hydrogen) atoms. The van der Waals surface area contributed by atoms with Crippen molar-refractivity contribution in [2.75, 3.05) is 25.0 Å². The second-order valence-corrected chi connectivity index (χ2v) is 7.05. The summed E-state index contributed by atoms with van der Waals surface area (Å²) < 4.78 is 5.34. The molecular weight excluding hydrogens is 354 g/mol. The normalized spacial score (nSPS) is 16.8. The Hall–Kier alpha value is -3.22. The molecule has 0 N–H and O–H groups in total. The Balaban J connectivity index is 1.39. The fourth-order valence-electron chi connectivity index (χ4n) is 3.54. The summed E-state index contributed by atoms with van der Waals surface area (Å²) in [5.41, 5.74) is 0.893. The largest absolute Gasteiger partial charge is 0.356 e. The SMILES string of the molecule is CN(Cc1nc(-c2ccccc2)no1)C(=O)[C@H]1CCCN(c2ccccn2)C1. The predicted molar refractivity (Wildman–Crippen MR) is 105 cm³/mol. The molecule has 1 saturated heterocycles. The van der Waals surface area contributed by atoms with E-state index in [2.05, 4.69) is 20.0 Å². The smallest absolute Gasteiger partial charge is 0.246 e. The second-order valence-electron chi connectivity index (χ2n) is 7.05. The quantitative estimate of drug-likeness (QED) is 0.680. The average Bonchev–Trinajstić information content (AvgIpc) is 3.23. The van der Waals surface area contributed by atoms with Crippen LogP contribution in [0.4, 0.5) is 5.82 Å². The zero-order valence-electron chi connectivity index (χ0n) is 15.9. The van der Waals surface area contributed by atoms with Crippen LogP contribution in [-0.4, -0.2) is 46.1 Å². The number of anilines is 1. The highest BCUT2D eigenvalue weighted by molar-refractivity contribution is 5.79. The lowest BCUT2D eigenvalue weighted by Crippen LogP contribution is -2.43. The molecule has 7 nitrogen and oxygen atoms in total. The first-order chi connectivity index (χ1) is 13.7. The minimum absolute atomic E-state index is 0.0581. The molecule has 1 aromatic carbocycles. The zero-order valence-corrected chi connectivity index (χ0v) is 15.9. The Morgan fingerprint density at radius 1 is 1.21 bits per heavy atom. The Labute approximate surface area is 164 Å². The fraction of sp³-hybridized carbons (Fsp3) is 0.333. The van der Waals surface area contributed by atoms with Crippen LogP contribution >= 0.6 is 0 Å².